The van der Waals surface area contributed by atoms with Gasteiger partial charge in [-0.15, -0.1) is 24.5 Å². The molecule has 3 aromatic rings. The minimum Gasteiger partial charge on any atom is -0.750 e. The maximum absolute atomic E-state index is 10.7. The fraction of sp³-hybridized carbons (Fsp3) is 0.269. The van der Waals surface area contributed by atoms with Gasteiger partial charge in [0.2, 0.25) is 0 Å². The van der Waals surface area contributed by atoms with E-state index in [0.717, 1.165) is 22.8 Å². The monoisotopic (exact) mass is 594 g/mol. The summed E-state index contributed by atoms with van der Waals surface area (Å²) in [7, 11) is 0. The van der Waals surface area contributed by atoms with Crippen LogP contribution < -0.4 is 0 Å². The van der Waals surface area contributed by atoms with Crippen LogP contribution in [0.15, 0.2) is 58.5 Å². The first-order valence-electron chi connectivity index (χ1n) is 10.5. The van der Waals surface area contributed by atoms with Crippen molar-refractivity contribution in [3.8, 4) is 0 Å². The molecule has 0 aliphatic rings. The maximum Gasteiger partial charge on any atom is 2.00 e. The molecular weight excluding hydrogens is 565 g/mol. The molecule has 0 saturated heterocycles. The molecule has 0 aliphatic heterocycles. The molecule has 1 unspecified atom stereocenters. The number of halogens is 3. The molecule has 202 valence electrons. The number of benzene rings is 2. The Kier molecular flexibility index (Phi) is 14.4. The third-order valence-electron chi connectivity index (χ3n) is 4.92. The second-order valence-corrected chi connectivity index (χ2v) is 9.43. The van der Waals surface area contributed by atoms with Crippen molar-refractivity contribution >= 4 is 45.5 Å². The molecule has 2 aromatic carbocycles. The van der Waals surface area contributed by atoms with Crippen molar-refractivity contribution in [1.82, 2.24) is 0 Å². The van der Waals surface area contributed by atoms with Gasteiger partial charge in [-0.2, -0.15) is 0 Å². The number of nitrogens with zero attached hydrogens (tertiary/aromatic N) is 2. The Bertz CT molecular complexity index is 1150. The van der Waals surface area contributed by atoms with Crippen molar-refractivity contribution in [2.24, 2.45) is 9.98 Å². The van der Waals surface area contributed by atoms with Crippen LogP contribution in [0.3, 0.4) is 0 Å². The van der Waals surface area contributed by atoms with Crippen LogP contribution in [0.4, 0.5) is 24.5 Å². The standard InChI is InChI=1S/C24H26N2S.CHF3O3S.CH3.Fe/c1-15-9-7-10-16(2)23(15)25-19(5)21-13-14-22(27-21)20(6)26-24-17(3)11-8-12-18(24)4;2-1(3,4)7-8(5)6;;/h7-14H,1-6H3;(H,5,6);1H3;/q;;-1;+2/p-1. The van der Waals surface area contributed by atoms with E-state index in [1.807, 2.05) is 0 Å². The van der Waals surface area contributed by atoms with Crippen molar-refractivity contribution in [1.29, 1.82) is 0 Å². The summed E-state index contributed by atoms with van der Waals surface area (Å²) < 4.78 is 52.6. The quantitative estimate of drug-likeness (QED) is 0.130. The molecule has 1 heterocycles. The number of aryl methyl sites for hydroxylation is 4. The van der Waals surface area contributed by atoms with Crippen LogP contribution in [0, 0.1) is 35.1 Å². The summed E-state index contributed by atoms with van der Waals surface area (Å²) >= 11 is -1.76. The van der Waals surface area contributed by atoms with Gasteiger partial charge < -0.3 is 12.0 Å². The zero-order chi connectivity index (χ0) is 26.3. The molecule has 0 amide bonds. The summed E-state index contributed by atoms with van der Waals surface area (Å²) in [6, 6.07) is 16.9. The van der Waals surface area contributed by atoms with Gasteiger partial charge in [-0.3, -0.25) is 9.98 Å². The minimum atomic E-state index is -5.09. The summed E-state index contributed by atoms with van der Waals surface area (Å²) in [5.74, 6) is 0. The van der Waals surface area contributed by atoms with E-state index < -0.39 is 17.7 Å². The van der Waals surface area contributed by atoms with Gasteiger partial charge in [0.25, 0.3) is 0 Å². The topological polar surface area (TPSA) is 74.1 Å². The summed E-state index contributed by atoms with van der Waals surface area (Å²) in [6.07, 6.45) is -5.09. The average molecular weight is 595 g/mol. The normalized spacial score (nSPS) is 12.6. The first-order chi connectivity index (χ1) is 16.3. The molecule has 0 bridgehead atoms. The van der Waals surface area contributed by atoms with Crippen molar-refractivity contribution in [2.75, 3.05) is 0 Å². The number of rotatable bonds is 5. The maximum atomic E-state index is 10.7. The predicted octanol–water partition coefficient (Wildman–Crippen LogP) is 8.03. The molecule has 1 atom stereocenters. The number of aliphatic imine (C=N–C) groups is 2. The number of thiophene rings is 1. The molecule has 0 aliphatic carbocycles. The molecular formula is C26H29F3FeN2O3S2. The van der Waals surface area contributed by atoms with Crippen LogP contribution in [0.1, 0.15) is 45.9 Å². The second-order valence-electron chi connectivity index (χ2n) is 7.77. The smallest absolute Gasteiger partial charge is 0.750 e. The number of hydrogen-bond donors (Lipinski definition) is 0. The van der Waals surface area contributed by atoms with Gasteiger partial charge >= 0.3 is 23.4 Å². The number of hydrogen-bond acceptors (Lipinski definition) is 6. The van der Waals surface area contributed by atoms with Gasteiger partial charge in [0.15, 0.2) is 0 Å². The Balaban J connectivity index is 0.00000113. The average Bonchev–Trinajstić information content (AvgIpc) is 3.23. The SMILES string of the molecule is CC(=Nc1c(C)cccc1C)c1ccc(C(C)=Nc2c(C)cccc2C)s1.O=S([O-])OC(F)(F)F.[CH3-].[Fe+2]. The Morgan fingerprint density at radius 2 is 1.14 bits per heavy atom. The van der Waals surface area contributed by atoms with Crippen LogP contribution in [0.25, 0.3) is 0 Å². The molecule has 3 rings (SSSR count). The molecule has 1 aromatic heterocycles. The molecule has 0 saturated carbocycles. The van der Waals surface area contributed by atoms with Crippen LogP contribution in [0.5, 0.6) is 0 Å². The van der Waals surface area contributed by atoms with E-state index >= 15 is 0 Å². The van der Waals surface area contributed by atoms with Crippen molar-refractivity contribution in [3.63, 3.8) is 0 Å². The third kappa shape index (κ3) is 11.0. The molecule has 0 fully saturated rings. The summed E-state index contributed by atoms with van der Waals surface area (Å²) in [5, 5.41) is 0. The van der Waals surface area contributed by atoms with E-state index in [1.165, 1.54) is 32.0 Å². The Morgan fingerprint density at radius 3 is 1.38 bits per heavy atom. The van der Waals surface area contributed by atoms with Gasteiger partial charge in [0.05, 0.1) is 34.2 Å². The van der Waals surface area contributed by atoms with Gasteiger partial charge in [-0.25, -0.2) is 8.39 Å². The first kappa shape index (κ1) is 34.9. The van der Waals surface area contributed by atoms with Crippen LogP contribution in [0.2, 0.25) is 0 Å². The van der Waals surface area contributed by atoms with Crippen LogP contribution >= 0.6 is 11.3 Å². The van der Waals surface area contributed by atoms with E-state index in [0.29, 0.717) is 0 Å². The zero-order valence-electron chi connectivity index (χ0n) is 21.5. The second kappa shape index (κ2) is 15.3. The van der Waals surface area contributed by atoms with Crippen molar-refractivity contribution in [3.05, 3.63) is 88.0 Å². The molecule has 37 heavy (non-hydrogen) atoms. The van der Waals surface area contributed by atoms with E-state index in [-0.39, 0.29) is 24.5 Å². The molecule has 5 nitrogen and oxygen atoms in total. The van der Waals surface area contributed by atoms with Crippen LogP contribution in [-0.2, 0) is 32.6 Å². The summed E-state index contributed by atoms with van der Waals surface area (Å²) in [6.45, 7) is 12.6. The van der Waals surface area contributed by atoms with Crippen molar-refractivity contribution in [2.45, 2.75) is 47.9 Å². The largest absolute Gasteiger partial charge is 2.00 e. The van der Waals surface area contributed by atoms with Crippen LogP contribution in [-0.4, -0.2) is 26.5 Å². The van der Waals surface area contributed by atoms with E-state index in [4.69, 9.17) is 18.7 Å². The van der Waals surface area contributed by atoms with E-state index in [9.17, 15) is 13.2 Å². The van der Waals surface area contributed by atoms with E-state index in [2.05, 4.69) is 94.3 Å². The molecule has 0 N–H and O–H groups in total. The Morgan fingerprint density at radius 1 is 0.811 bits per heavy atom. The Hall–Kier alpha value is -2.14. The van der Waals surface area contributed by atoms with Gasteiger partial charge in [-0.1, -0.05) is 36.4 Å². The van der Waals surface area contributed by atoms with E-state index in [1.54, 1.807) is 11.3 Å². The fourth-order valence-corrected chi connectivity index (χ4v) is 4.26. The summed E-state index contributed by atoms with van der Waals surface area (Å²) in [5.41, 5.74) is 9.07. The number of para-hydroxylation sites is 2. The Labute approximate surface area is 233 Å². The molecule has 11 heteroatoms. The third-order valence-corrected chi connectivity index (χ3v) is 6.55. The van der Waals surface area contributed by atoms with Gasteiger partial charge in [0, 0.05) is 9.75 Å². The predicted molar refractivity (Wildman–Crippen MR) is 142 cm³/mol. The van der Waals surface area contributed by atoms with Gasteiger partial charge in [-0.05, 0) is 75.9 Å². The zero-order valence-corrected chi connectivity index (χ0v) is 24.3. The number of alkyl halides is 3. The molecule has 0 radical (unpaired) electrons. The first-order valence-corrected chi connectivity index (χ1v) is 12.3. The summed E-state index contributed by atoms with van der Waals surface area (Å²) in [4.78, 5) is 12.2. The minimum absolute atomic E-state index is 0. The van der Waals surface area contributed by atoms with Gasteiger partial charge in [0.1, 0.15) is 0 Å². The fourth-order valence-electron chi connectivity index (χ4n) is 3.21. The molecule has 0 spiro atoms. The van der Waals surface area contributed by atoms with Crippen molar-refractivity contribution < 1.29 is 43.2 Å².